The van der Waals surface area contributed by atoms with E-state index in [0.717, 1.165) is 4.90 Å². The quantitative estimate of drug-likeness (QED) is 0.452. The van der Waals surface area contributed by atoms with Gasteiger partial charge in [-0.05, 0) is 19.1 Å². The summed E-state index contributed by atoms with van der Waals surface area (Å²) in [6, 6.07) is 4.46. The fourth-order valence-electron chi connectivity index (χ4n) is 2.84. The highest BCUT2D eigenvalue weighted by atomic mass is 16.3. The van der Waals surface area contributed by atoms with E-state index in [4.69, 9.17) is 5.73 Å². The normalized spacial score (nSPS) is 27.9. The van der Waals surface area contributed by atoms with Crippen LogP contribution in [0.5, 0.6) is 0 Å². The first kappa shape index (κ1) is 14.2. The number of piperidine rings is 1. The maximum Gasteiger partial charge on any atom is 0.264 e. The Morgan fingerprint density at radius 1 is 1.27 bits per heavy atom. The second-order valence-corrected chi connectivity index (χ2v) is 5.53. The minimum atomic E-state index is -1.66. The van der Waals surface area contributed by atoms with Gasteiger partial charge in [-0.25, -0.2) is 0 Å². The lowest BCUT2D eigenvalue weighted by Gasteiger charge is -2.39. The Morgan fingerprint density at radius 2 is 1.95 bits per heavy atom. The summed E-state index contributed by atoms with van der Waals surface area (Å²) in [6.45, 7) is 1.33. The van der Waals surface area contributed by atoms with Crippen molar-refractivity contribution in [2.45, 2.75) is 25.0 Å². The Morgan fingerprint density at radius 3 is 2.59 bits per heavy atom. The Hall–Kier alpha value is -2.74. The molecule has 0 spiro atoms. The van der Waals surface area contributed by atoms with Gasteiger partial charge in [-0.1, -0.05) is 6.07 Å². The number of fused-ring (bicyclic) bond motifs is 1. The Bertz CT molecular complexity index is 744. The molecule has 1 aromatic rings. The van der Waals surface area contributed by atoms with Gasteiger partial charge in [-0.15, -0.1) is 0 Å². The van der Waals surface area contributed by atoms with Gasteiger partial charge >= 0.3 is 0 Å². The summed E-state index contributed by atoms with van der Waals surface area (Å²) in [6.07, 6.45) is -1.84. The highest BCUT2D eigenvalue weighted by molar-refractivity contribution is 6.26. The van der Waals surface area contributed by atoms with Gasteiger partial charge in [-0.3, -0.25) is 29.4 Å². The first-order valence-corrected chi connectivity index (χ1v) is 6.58. The maximum absolute atomic E-state index is 12.5. The molecule has 22 heavy (non-hydrogen) atoms. The molecule has 4 amide bonds. The molecule has 2 unspecified atom stereocenters. The number of amides is 4. The van der Waals surface area contributed by atoms with Crippen LogP contribution >= 0.6 is 0 Å². The molecule has 0 bridgehead atoms. The monoisotopic (exact) mass is 303 g/mol. The molecule has 0 aliphatic carbocycles. The Kier molecular flexibility index (Phi) is 2.83. The number of nitrogen functional groups attached to an aromatic ring is 1. The zero-order valence-electron chi connectivity index (χ0n) is 11.6. The number of hydrogen-bond acceptors (Lipinski definition) is 6. The summed E-state index contributed by atoms with van der Waals surface area (Å²) in [5, 5.41) is 11.7. The standard InChI is InChI=1S/C14H13N3O5/c1-14(5-8(18)10(19)16-13(14)22)17-11(20)6-3-2-4-7(15)9(6)12(17)21/h2-4,8,18H,5,15H2,1H3,(H,16,19,22). The Balaban J connectivity index is 2.09. The second-order valence-electron chi connectivity index (χ2n) is 5.53. The van der Waals surface area contributed by atoms with E-state index in [1.54, 1.807) is 0 Å². The van der Waals surface area contributed by atoms with Crippen LogP contribution in [0.15, 0.2) is 18.2 Å². The minimum Gasteiger partial charge on any atom is -0.398 e. The van der Waals surface area contributed by atoms with Crippen molar-refractivity contribution in [3.05, 3.63) is 29.3 Å². The lowest BCUT2D eigenvalue weighted by molar-refractivity contribution is -0.148. The molecule has 1 aromatic carbocycles. The zero-order chi connectivity index (χ0) is 16.2. The number of rotatable bonds is 1. The first-order chi connectivity index (χ1) is 10.3. The molecule has 4 N–H and O–H groups in total. The van der Waals surface area contributed by atoms with Gasteiger partial charge in [0.05, 0.1) is 11.1 Å². The van der Waals surface area contributed by atoms with Crippen LogP contribution in [0.1, 0.15) is 34.1 Å². The SMILES string of the molecule is CC1(N2C(=O)c3cccc(N)c3C2=O)CC(O)C(=O)NC1=O. The third-order valence-electron chi connectivity index (χ3n) is 4.06. The van der Waals surface area contributed by atoms with Crippen molar-refractivity contribution < 1.29 is 24.3 Å². The fourth-order valence-corrected chi connectivity index (χ4v) is 2.84. The first-order valence-electron chi connectivity index (χ1n) is 6.58. The number of aliphatic hydroxyl groups is 1. The maximum atomic E-state index is 12.5. The summed E-state index contributed by atoms with van der Waals surface area (Å²) in [5.41, 5.74) is 4.35. The number of nitrogens with one attached hydrogen (secondary N) is 1. The molecule has 2 aliphatic heterocycles. The number of nitrogens with two attached hydrogens (primary N) is 1. The van der Waals surface area contributed by atoms with Crippen molar-refractivity contribution in [2.75, 3.05) is 5.73 Å². The predicted molar refractivity (Wildman–Crippen MR) is 73.5 cm³/mol. The van der Waals surface area contributed by atoms with Crippen molar-refractivity contribution in [3.8, 4) is 0 Å². The Labute approximate surface area is 124 Å². The summed E-state index contributed by atoms with van der Waals surface area (Å²) in [5.74, 6) is -3.04. The molecule has 0 saturated carbocycles. The molecule has 2 aliphatic rings. The van der Waals surface area contributed by atoms with E-state index in [1.165, 1.54) is 25.1 Å². The molecule has 0 radical (unpaired) electrons. The fraction of sp³-hybridized carbons (Fsp3) is 0.286. The van der Waals surface area contributed by atoms with E-state index in [9.17, 15) is 24.3 Å². The molecule has 2 atom stereocenters. The molecule has 1 fully saturated rings. The second kappa shape index (κ2) is 4.38. The van der Waals surface area contributed by atoms with Gasteiger partial charge in [0.2, 0.25) is 0 Å². The van der Waals surface area contributed by atoms with Crippen LogP contribution in [0.25, 0.3) is 0 Å². The van der Waals surface area contributed by atoms with Gasteiger partial charge < -0.3 is 10.8 Å². The van der Waals surface area contributed by atoms with Crippen LogP contribution in [0.4, 0.5) is 5.69 Å². The van der Waals surface area contributed by atoms with Gasteiger partial charge in [0.1, 0.15) is 11.6 Å². The van der Waals surface area contributed by atoms with E-state index >= 15 is 0 Å². The van der Waals surface area contributed by atoms with Crippen LogP contribution in [-0.4, -0.2) is 45.3 Å². The van der Waals surface area contributed by atoms with Gasteiger partial charge in [0, 0.05) is 12.1 Å². The molecule has 0 aromatic heterocycles. The van der Waals surface area contributed by atoms with Crippen LogP contribution in [0.2, 0.25) is 0 Å². The van der Waals surface area contributed by atoms with Crippen LogP contribution < -0.4 is 11.1 Å². The summed E-state index contributed by atoms with van der Waals surface area (Å²) >= 11 is 0. The number of carbonyl (C=O) groups excluding carboxylic acids is 4. The van der Waals surface area contributed by atoms with E-state index in [-0.39, 0.29) is 23.2 Å². The van der Waals surface area contributed by atoms with E-state index in [2.05, 4.69) is 0 Å². The largest absolute Gasteiger partial charge is 0.398 e. The smallest absolute Gasteiger partial charge is 0.264 e. The number of aliphatic hydroxyl groups excluding tert-OH is 1. The predicted octanol–water partition coefficient (Wildman–Crippen LogP) is -0.969. The van der Waals surface area contributed by atoms with Crippen molar-refractivity contribution in [3.63, 3.8) is 0 Å². The molecule has 2 heterocycles. The number of anilines is 1. The van der Waals surface area contributed by atoms with Crippen LogP contribution in [-0.2, 0) is 9.59 Å². The van der Waals surface area contributed by atoms with Gasteiger partial charge in [0.25, 0.3) is 23.6 Å². The minimum absolute atomic E-state index is 0.0351. The highest BCUT2D eigenvalue weighted by Crippen LogP contribution is 2.36. The summed E-state index contributed by atoms with van der Waals surface area (Å²) in [4.78, 5) is 49.3. The van der Waals surface area contributed by atoms with E-state index < -0.39 is 35.3 Å². The van der Waals surface area contributed by atoms with Crippen molar-refractivity contribution in [2.24, 2.45) is 0 Å². The molecular weight excluding hydrogens is 290 g/mol. The van der Waals surface area contributed by atoms with Crippen molar-refractivity contribution in [1.82, 2.24) is 10.2 Å². The average molecular weight is 303 g/mol. The highest BCUT2D eigenvalue weighted by Gasteiger charge is 2.55. The van der Waals surface area contributed by atoms with Gasteiger partial charge in [0.15, 0.2) is 0 Å². The van der Waals surface area contributed by atoms with E-state index in [0.29, 0.717) is 0 Å². The molecule has 114 valence electrons. The topological polar surface area (TPSA) is 130 Å². The number of imide groups is 2. The molecular formula is C14H13N3O5. The van der Waals surface area contributed by atoms with E-state index in [1.807, 2.05) is 5.32 Å². The number of carbonyl (C=O) groups is 4. The van der Waals surface area contributed by atoms with Crippen molar-refractivity contribution >= 4 is 29.3 Å². The number of hydrogen-bond donors (Lipinski definition) is 3. The molecule has 3 rings (SSSR count). The zero-order valence-corrected chi connectivity index (χ0v) is 11.6. The molecule has 8 nitrogen and oxygen atoms in total. The summed E-state index contributed by atoms with van der Waals surface area (Å²) < 4.78 is 0. The lowest BCUT2D eigenvalue weighted by Crippen LogP contribution is -2.66. The van der Waals surface area contributed by atoms with Crippen LogP contribution in [0.3, 0.4) is 0 Å². The molecule has 8 heteroatoms. The summed E-state index contributed by atoms with van der Waals surface area (Å²) in [7, 11) is 0. The molecule has 1 saturated heterocycles. The number of nitrogens with zero attached hydrogens (tertiary/aromatic N) is 1. The third-order valence-corrected chi connectivity index (χ3v) is 4.06. The third kappa shape index (κ3) is 1.67. The van der Waals surface area contributed by atoms with Crippen LogP contribution in [0, 0.1) is 0 Å². The van der Waals surface area contributed by atoms with Gasteiger partial charge in [-0.2, -0.15) is 0 Å². The average Bonchev–Trinajstić information content (AvgIpc) is 2.70. The number of benzene rings is 1. The lowest BCUT2D eigenvalue weighted by atomic mass is 9.87. The van der Waals surface area contributed by atoms with Crippen molar-refractivity contribution in [1.29, 1.82) is 0 Å².